The molecule has 5 rings (SSSR count). The minimum absolute atomic E-state index is 0. The molecule has 1 nitrogen and oxygen atoms in total. The first kappa shape index (κ1) is 25.7. The summed E-state index contributed by atoms with van der Waals surface area (Å²) in [5.41, 5.74) is 5.59. The Morgan fingerprint density at radius 1 is 0.667 bits per heavy atom. The third kappa shape index (κ3) is 5.60. The van der Waals surface area contributed by atoms with Crippen LogP contribution in [0.1, 0.15) is 20.4 Å². The van der Waals surface area contributed by atoms with Gasteiger partial charge in [-0.25, -0.2) is 0 Å². The van der Waals surface area contributed by atoms with E-state index in [1.165, 1.54) is 22.4 Å². The van der Waals surface area contributed by atoms with Crippen LogP contribution in [0.3, 0.4) is 0 Å². The number of hydrogen-bond donors (Lipinski definition) is 1. The van der Waals surface area contributed by atoms with E-state index < -0.39 is 26.9 Å². The van der Waals surface area contributed by atoms with Gasteiger partial charge >= 0.3 is 195 Å². The van der Waals surface area contributed by atoms with E-state index in [0.29, 0.717) is 3.67 Å². The second-order valence-electron chi connectivity index (χ2n) is 8.12. The van der Waals surface area contributed by atoms with Crippen LogP contribution in [0.5, 0.6) is 0 Å². The molecule has 0 spiro atoms. The third-order valence-electron chi connectivity index (χ3n) is 6.14. The van der Waals surface area contributed by atoms with E-state index in [1.807, 2.05) is 0 Å². The second kappa shape index (κ2) is 12.0. The van der Waals surface area contributed by atoms with E-state index in [9.17, 15) is 0 Å². The molecular weight excluding hydrogens is 628 g/mol. The minimum atomic E-state index is -2.53. The van der Waals surface area contributed by atoms with Crippen LogP contribution in [0.25, 0.3) is 6.08 Å². The molecule has 5 heteroatoms. The molecule has 1 unspecified atom stereocenters. The average molecular weight is 654 g/mol. The largest absolute Gasteiger partial charge is 1.00 e. The molecule has 0 bridgehead atoms. The molecule has 1 atom stereocenters. The number of rotatable bonds is 6. The zero-order valence-electron chi connectivity index (χ0n) is 18.5. The van der Waals surface area contributed by atoms with Gasteiger partial charge < -0.3 is 24.8 Å². The van der Waals surface area contributed by atoms with E-state index in [2.05, 4.69) is 132 Å². The number of halogens is 2. The summed E-state index contributed by atoms with van der Waals surface area (Å²) in [5.74, 6) is -1.42. The summed E-state index contributed by atoms with van der Waals surface area (Å²) < 4.78 is 4.80. The van der Waals surface area contributed by atoms with E-state index in [0.717, 1.165) is 0 Å². The van der Waals surface area contributed by atoms with Gasteiger partial charge in [-0.2, -0.15) is 0 Å². The summed E-state index contributed by atoms with van der Waals surface area (Å²) in [5, 5.41) is 3.13. The van der Waals surface area contributed by atoms with Gasteiger partial charge in [-0.05, 0) is 0 Å². The SMILES string of the molecule is Cc1ccccc1[NH][Hf+2]([CH]1C=Cc2ccccc21)[SiH](c1ccccc1)c1ccccc1.[Cl-].[Cl-]. The molecule has 1 aliphatic carbocycles. The molecule has 1 N–H and O–H groups in total. The van der Waals surface area contributed by atoms with E-state index in [1.54, 1.807) is 10.4 Å². The van der Waals surface area contributed by atoms with Gasteiger partial charge in [0.25, 0.3) is 0 Å². The standard InChI is InChI=1S/C12H11Si.C9H7.C7H8N.2ClH.Hf/c1-3-7-11(8-4-1)13-12-9-5-2-6-10-12;1-2-5-9-7-3-6-8(9)4-1;1-6-4-2-3-5-7(6)8;;;/h1-10,13H;1-7H;2-5,8H,1H3;2*1H;/q;;-1;;;+3/p-2. The van der Waals surface area contributed by atoms with Crippen LogP contribution >= 0.6 is 0 Å². The quantitative estimate of drug-likeness (QED) is 0.271. The Balaban J connectivity index is 0.00000153. The fourth-order valence-electron chi connectivity index (χ4n) is 4.56. The van der Waals surface area contributed by atoms with Crippen molar-refractivity contribution in [1.29, 1.82) is 0 Å². The fraction of sp³-hybridized carbons (Fsp3) is 0.0714. The topological polar surface area (TPSA) is 12.0 Å². The molecule has 33 heavy (non-hydrogen) atoms. The molecule has 0 aromatic heterocycles. The fourth-order valence-corrected chi connectivity index (χ4v) is 34.3. The minimum Gasteiger partial charge on any atom is -1.00 e. The van der Waals surface area contributed by atoms with Crippen LogP contribution in [0.2, 0.25) is 0 Å². The van der Waals surface area contributed by atoms with Gasteiger partial charge in [0, 0.05) is 0 Å². The van der Waals surface area contributed by atoms with Crippen molar-refractivity contribution in [1.82, 2.24) is 0 Å². The molecule has 0 amide bonds. The summed E-state index contributed by atoms with van der Waals surface area (Å²) in [6.45, 7) is 2.23. The van der Waals surface area contributed by atoms with Crippen molar-refractivity contribution in [2.45, 2.75) is 10.6 Å². The van der Waals surface area contributed by atoms with Crippen LogP contribution in [-0.4, -0.2) is 5.98 Å². The van der Waals surface area contributed by atoms with Crippen LogP contribution < -0.4 is 38.5 Å². The monoisotopic (exact) mass is 654 g/mol. The Morgan fingerprint density at radius 2 is 1.21 bits per heavy atom. The predicted octanol–water partition coefficient (Wildman–Crippen LogP) is -0.746. The normalized spacial score (nSPS) is 13.6. The molecule has 1 aliphatic rings. The molecule has 4 aromatic carbocycles. The first-order valence-corrected chi connectivity index (χ1v) is 22.7. The predicted molar refractivity (Wildman–Crippen MR) is 132 cm³/mol. The summed E-state index contributed by atoms with van der Waals surface area (Å²) in [6, 6.07) is 40.4. The van der Waals surface area contributed by atoms with Crippen molar-refractivity contribution in [3.63, 3.8) is 0 Å². The summed E-state index contributed by atoms with van der Waals surface area (Å²) in [6.07, 6.45) is 4.86. The Labute approximate surface area is 218 Å². The molecule has 0 saturated heterocycles. The second-order valence-corrected chi connectivity index (χ2v) is 28.0. The number of para-hydroxylation sites is 1. The molecule has 165 valence electrons. The van der Waals surface area contributed by atoms with Crippen LogP contribution in [0.15, 0.2) is 115 Å². The van der Waals surface area contributed by atoms with Crippen molar-refractivity contribution < 1.29 is 45.7 Å². The van der Waals surface area contributed by atoms with E-state index in [-0.39, 0.29) is 24.8 Å². The number of hydrogen-bond acceptors (Lipinski definition) is 1. The van der Waals surface area contributed by atoms with Gasteiger partial charge in [0.05, 0.1) is 0 Å². The van der Waals surface area contributed by atoms with Crippen molar-refractivity contribution >= 4 is 28.1 Å². The molecule has 0 saturated carbocycles. The van der Waals surface area contributed by atoms with Crippen molar-refractivity contribution in [3.05, 3.63) is 132 Å². The maximum Gasteiger partial charge on any atom is -1.00 e. The summed E-state index contributed by atoms with van der Waals surface area (Å²) >= 11 is -2.53. The Morgan fingerprint density at radius 3 is 1.85 bits per heavy atom. The van der Waals surface area contributed by atoms with Gasteiger partial charge in [0.1, 0.15) is 0 Å². The first-order valence-electron chi connectivity index (χ1n) is 10.9. The van der Waals surface area contributed by atoms with Crippen molar-refractivity contribution in [3.8, 4) is 0 Å². The average Bonchev–Trinajstić information content (AvgIpc) is 3.25. The maximum atomic E-state index is 4.25. The maximum absolute atomic E-state index is 4.25. The van der Waals surface area contributed by atoms with Gasteiger partial charge in [-0.15, -0.1) is 0 Å². The van der Waals surface area contributed by atoms with Gasteiger partial charge in [0.2, 0.25) is 0 Å². The number of aryl methyl sites for hydroxylation is 1. The van der Waals surface area contributed by atoms with Crippen LogP contribution in [-0.2, 0) is 20.9 Å². The number of anilines is 1. The van der Waals surface area contributed by atoms with Crippen LogP contribution in [0.4, 0.5) is 5.69 Å². The van der Waals surface area contributed by atoms with Gasteiger partial charge in [-0.1, -0.05) is 0 Å². The Kier molecular flexibility index (Phi) is 9.34. The zero-order chi connectivity index (χ0) is 21.0. The number of fused-ring (bicyclic) bond motifs is 1. The number of benzene rings is 4. The smallest absolute Gasteiger partial charge is 1.00 e. The molecule has 0 aliphatic heterocycles. The molecule has 0 heterocycles. The van der Waals surface area contributed by atoms with Gasteiger partial charge in [-0.3, -0.25) is 0 Å². The zero-order valence-corrected chi connectivity index (χ0v) is 24.7. The third-order valence-corrected chi connectivity index (χ3v) is 33.1. The van der Waals surface area contributed by atoms with E-state index >= 15 is 0 Å². The molecule has 0 radical (unpaired) electrons. The van der Waals surface area contributed by atoms with Crippen molar-refractivity contribution in [2.24, 2.45) is 0 Å². The summed E-state index contributed by atoms with van der Waals surface area (Å²) in [7, 11) is 0. The number of nitrogens with one attached hydrogen (secondary N) is 1. The van der Waals surface area contributed by atoms with Gasteiger partial charge in [0.15, 0.2) is 0 Å². The van der Waals surface area contributed by atoms with Crippen LogP contribution in [0, 0.1) is 6.92 Å². The van der Waals surface area contributed by atoms with Crippen molar-refractivity contribution in [2.75, 3.05) is 3.30 Å². The Bertz CT molecular complexity index is 1160. The molecule has 4 aromatic rings. The molecular formula is C28H26Cl2HfNSi. The summed E-state index contributed by atoms with van der Waals surface area (Å²) in [4.78, 5) is 0. The Hall–Kier alpha value is -1.91. The first-order chi connectivity index (χ1) is 15.3. The van der Waals surface area contributed by atoms with E-state index in [4.69, 9.17) is 0 Å². The number of allylic oxidation sites excluding steroid dienone is 1. The molecule has 0 fully saturated rings.